The third-order valence-electron chi connectivity index (χ3n) is 4.80. The lowest BCUT2D eigenvalue weighted by molar-refractivity contribution is 0.329. The van der Waals surface area contributed by atoms with Crippen molar-refractivity contribution in [3.05, 3.63) is 65.0 Å². The highest BCUT2D eigenvalue weighted by molar-refractivity contribution is 5.85. The van der Waals surface area contributed by atoms with Crippen LogP contribution in [0.5, 0.6) is 17.2 Å². The number of benzene rings is 2. The average molecular weight is 420 g/mol. The van der Waals surface area contributed by atoms with E-state index in [4.69, 9.17) is 14.2 Å². The minimum absolute atomic E-state index is 0.166. The number of hydrogen-bond donors (Lipinski definition) is 0. The van der Waals surface area contributed by atoms with Crippen molar-refractivity contribution < 1.29 is 19.0 Å². The first kappa shape index (κ1) is 21.9. The van der Waals surface area contributed by atoms with E-state index in [2.05, 4.69) is 5.10 Å². The molecule has 160 valence electrons. The molecule has 0 amide bonds. The fourth-order valence-electron chi connectivity index (χ4n) is 3.22. The summed E-state index contributed by atoms with van der Waals surface area (Å²) in [6.45, 7) is 3.80. The minimum atomic E-state index is -0.592. The van der Waals surface area contributed by atoms with Gasteiger partial charge in [0.05, 0.1) is 32.4 Å². The van der Waals surface area contributed by atoms with E-state index in [0.717, 1.165) is 11.1 Å². The SMILES string of the molecule is CCOc1c(-c2ccc(OC)cc2)c(-c2ccc(OC)cc2)nn(C(C)C=C=O)c1=O. The molecule has 0 radical (unpaired) electrons. The summed E-state index contributed by atoms with van der Waals surface area (Å²) in [4.78, 5) is 24.2. The second-order valence-corrected chi connectivity index (χ2v) is 6.72. The van der Waals surface area contributed by atoms with Crippen LogP contribution < -0.4 is 19.8 Å². The van der Waals surface area contributed by atoms with Crippen LogP contribution in [0, 0.1) is 0 Å². The van der Waals surface area contributed by atoms with Crippen LogP contribution in [0.2, 0.25) is 0 Å². The van der Waals surface area contributed by atoms with Gasteiger partial charge >= 0.3 is 5.56 Å². The van der Waals surface area contributed by atoms with Gasteiger partial charge in [0, 0.05) is 11.6 Å². The first-order valence-electron chi connectivity index (χ1n) is 9.83. The monoisotopic (exact) mass is 420 g/mol. The molecular weight excluding hydrogens is 396 g/mol. The van der Waals surface area contributed by atoms with E-state index in [1.807, 2.05) is 55.5 Å². The van der Waals surface area contributed by atoms with E-state index in [1.54, 1.807) is 27.1 Å². The van der Waals surface area contributed by atoms with Crippen LogP contribution >= 0.6 is 0 Å². The predicted octanol–water partition coefficient (Wildman–Crippen LogP) is 3.94. The van der Waals surface area contributed by atoms with Crippen molar-refractivity contribution in [2.45, 2.75) is 19.9 Å². The van der Waals surface area contributed by atoms with Gasteiger partial charge in [0.15, 0.2) is 5.75 Å². The van der Waals surface area contributed by atoms with Gasteiger partial charge in [-0.2, -0.15) is 5.10 Å². The molecule has 1 aromatic heterocycles. The first-order valence-corrected chi connectivity index (χ1v) is 9.83. The fourth-order valence-corrected chi connectivity index (χ4v) is 3.22. The Hall–Kier alpha value is -3.83. The zero-order valence-corrected chi connectivity index (χ0v) is 17.9. The molecule has 1 heterocycles. The molecule has 0 bridgehead atoms. The third kappa shape index (κ3) is 4.52. The van der Waals surface area contributed by atoms with Gasteiger partial charge in [-0.25, -0.2) is 9.48 Å². The Morgan fingerprint density at radius 2 is 1.55 bits per heavy atom. The normalized spacial score (nSPS) is 11.4. The van der Waals surface area contributed by atoms with Gasteiger partial charge in [-0.05, 0) is 55.8 Å². The smallest absolute Gasteiger partial charge is 0.310 e. The molecule has 0 saturated heterocycles. The van der Waals surface area contributed by atoms with Gasteiger partial charge in [-0.15, -0.1) is 0 Å². The number of aromatic nitrogens is 2. The van der Waals surface area contributed by atoms with Gasteiger partial charge in [-0.3, -0.25) is 4.79 Å². The maximum Gasteiger partial charge on any atom is 0.310 e. The summed E-state index contributed by atoms with van der Waals surface area (Å²) in [5.41, 5.74) is 2.21. The summed E-state index contributed by atoms with van der Waals surface area (Å²) in [6, 6.07) is 14.1. The van der Waals surface area contributed by atoms with E-state index in [9.17, 15) is 9.59 Å². The summed E-state index contributed by atoms with van der Waals surface area (Å²) in [7, 11) is 3.19. The van der Waals surface area contributed by atoms with Crippen LogP contribution in [0.15, 0.2) is 59.4 Å². The molecule has 0 aliphatic carbocycles. The molecule has 0 spiro atoms. The maximum atomic E-state index is 13.3. The van der Waals surface area contributed by atoms with Crippen molar-refractivity contribution in [2.24, 2.45) is 0 Å². The van der Waals surface area contributed by atoms with Crippen molar-refractivity contribution in [1.82, 2.24) is 9.78 Å². The van der Waals surface area contributed by atoms with Gasteiger partial charge in [0.1, 0.15) is 23.1 Å². The molecule has 3 rings (SSSR count). The first-order chi connectivity index (χ1) is 15.0. The number of nitrogens with zero attached hydrogens (tertiary/aromatic N) is 2. The average Bonchev–Trinajstić information content (AvgIpc) is 2.80. The van der Waals surface area contributed by atoms with Crippen molar-refractivity contribution in [2.75, 3.05) is 20.8 Å². The standard InChI is InChI=1S/C24H24N2O5/c1-5-31-23-21(17-6-10-19(29-3)11-7-17)22(18-8-12-20(30-4)13-9-18)25-26(24(23)28)16(2)14-15-27/h6-14,16H,5H2,1-4H3. The lowest BCUT2D eigenvalue weighted by Crippen LogP contribution is -2.28. The van der Waals surface area contributed by atoms with Gasteiger partial charge in [-0.1, -0.05) is 12.1 Å². The van der Waals surface area contributed by atoms with Crippen LogP contribution in [-0.4, -0.2) is 36.5 Å². The van der Waals surface area contributed by atoms with E-state index in [-0.39, 0.29) is 5.75 Å². The lowest BCUT2D eigenvalue weighted by atomic mass is 9.98. The Morgan fingerprint density at radius 1 is 1.00 bits per heavy atom. The Balaban J connectivity index is 2.36. The number of rotatable bonds is 8. The Bertz CT molecular complexity index is 1140. The quantitative estimate of drug-likeness (QED) is 0.514. The Labute approximate surface area is 180 Å². The molecule has 0 aliphatic heterocycles. The van der Waals surface area contributed by atoms with Gasteiger partial charge in [0.2, 0.25) is 0 Å². The molecule has 1 atom stereocenters. The third-order valence-corrected chi connectivity index (χ3v) is 4.80. The van der Waals surface area contributed by atoms with Crippen LogP contribution in [0.1, 0.15) is 19.9 Å². The number of methoxy groups -OCH3 is 2. The summed E-state index contributed by atoms with van der Waals surface area (Å²) in [5.74, 6) is 3.29. The molecular formula is C24H24N2O5. The summed E-state index contributed by atoms with van der Waals surface area (Å²) in [6.07, 6.45) is 1.25. The molecule has 1 unspecified atom stereocenters. The highest BCUT2D eigenvalue weighted by Gasteiger charge is 2.23. The minimum Gasteiger partial charge on any atom is -0.497 e. The van der Waals surface area contributed by atoms with Crippen LogP contribution in [-0.2, 0) is 4.79 Å². The van der Waals surface area contributed by atoms with Crippen molar-refractivity contribution >= 4 is 5.94 Å². The number of allylic oxidation sites excluding steroid dienone is 1. The lowest BCUT2D eigenvalue weighted by Gasteiger charge is -2.19. The summed E-state index contributed by atoms with van der Waals surface area (Å²) < 4.78 is 17.6. The molecule has 3 aromatic rings. The molecule has 0 aliphatic rings. The van der Waals surface area contributed by atoms with Crippen LogP contribution in [0.4, 0.5) is 0 Å². The number of ether oxygens (including phenoxy) is 3. The Morgan fingerprint density at radius 3 is 2.03 bits per heavy atom. The van der Waals surface area contributed by atoms with Crippen molar-refractivity contribution in [3.8, 4) is 39.6 Å². The zero-order valence-electron chi connectivity index (χ0n) is 17.9. The van der Waals surface area contributed by atoms with E-state index in [1.165, 1.54) is 10.8 Å². The highest BCUT2D eigenvalue weighted by Crippen LogP contribution is 2.37. The van der Waals surface area contributed by atoms with E-state index in [0.29, 0.717) is 29.4 Å². The molecule has 7 heteroatoms. The molecule has 0 N–H and O–H groups in total. The molecule has 31 heavy (non-hydrogen) atoms. The maximum absolute atomic E-state index is 13.3. The topological polar surface area (TPSA) is 79.7 Å². The predicted molar refractivity (Wildman–Crippen MR) is 119 cm³/mol. The molecule has 7 nitrogen and oxygen atoms in total. The van der Waals surface area contributed by atoms with Crippen molar-refractivity contribution in [3.63, 3.8) is 0 Å². The van der Waals surface area contributed by atoms with E-state index >= 15 is 0 Å². The fraction of sp³-hybridized carbons (Fsp3) is 0.250. The second-order valence-electron chi connectivity index (χ2n) is 6.72. The summed E-state index contributed by atoms with van der Waals surface area (Å²) >= 11 is 0. The molecule has 0 saturated carbocycles. The van der Waals surface area contributed by atoms with Gasteiger partial charge in [0.25, 0.3) is 0 Å². The number of hydrogen-bond acceptors (Lipinski definition) is 6. The van der Waals surface area contributed by atoms with Crippen LogP contribution in [0.25, 0.3) is 22.4 Å². The summed E-state index contributed by atoms with van der Waals surface area (Å²) in [5, 5.41) is 4.62. The number of carbonyl (C=O) groups excluding carboxylic acids is 1. The van der Waals surface area contributed by atoms with E-state index < -0.39 is 11.6 Å². The van der Waals surface area contributed by atoms with Gasteiger partial charge < -0.3 is 14.2 Å². The molecule has 0 fully saturated rings. The van der Waals surface area contributed by atoms with Crippen LogP contribution in [0.3, 0.4) is 0 Å². The van der Waals surface area contributed by atoms with Crippen molar-refractivity contribution in [1.29, 1.82) is 0 Å². The largest absolute Gasteiger partial charge is 0.497 e. The second kappa shape index (κ2) is 9.78. The zero-order chi connectivity index (χ0) is 22.4. The highest BCUT2D eigenvalue weighted by atomic mass is 16.5. The Kier molecular flexibility index (Phi) is 6.90. The molecule has 2 aromatic carbocycles.